The number of hydrogen-bond acceptors (Lipinski definition) is 4. The zero-order valence-corrected chi connectivity index (χ0v) is 22.6. The molecule has 0 fully saturated rings. The van der Waals surface area contributed by atoms with Crippen molar-refractivity contribution in [3.8, 4) is 0 Å². The molecule has 0 aliphatic heterocycles. The highest BCUT2D eigenvalue weighted by molar-refractivity contribution is 7.92. The summed E-state index contributed by atoms with van der Waals surface area (Å²) in [6.45, 7) is 10.7. The van der Waals surface area contributed by atoms with Gasteiger partial charge in [0.2, 0.25) is 21.8 Å². The molecule has 0 saturated carbocycles. The van der Waals surface area contributed by atoms with Crippen LogP contribution in [0.15, 0.2) is 42.5 Å². The SMILES string of the molecule is CCCNC(=O)C(C)N(Cc1ccccc1C)C(=O)CCCN(c1ccc(C)c(C)c1)S(C)(=O)=O. The minimum Gasteiger partial charge on any atom is -0.354 e. The quantitative estimate of drug-likeness (QED) is 0.474. The summed E-state index contributed by atoms with van der Waals surface area (Å²) in [6, 6.07) is 12.7. The fourth-order valence-corrected chi connectivity index (χ4v) is 4.79. The van der Waals surface area contributed by atoms with Crippen molar-refractivity contribution in [2.45, 2.75) is 66.5 Å². The maximum atomic E-state index is 13.3. The maximum Gasteiger partial charge on any atom is 0.242 e. The second-order valence-electron chi connectivity index (χ2n) is 9.12. The van der Waals surface area contributed by atoms with Gasteiger partial charge in [0, 0.05) is 26.1 Å². The van der Waals surface area contributed by atoms with Crippen molar-refractivity contribution in [1.29, 1.82) is 0 Å². The van der Waals surface area contributed by atoms with Crippen molar-refractivity contribution >= 4 is 27.5 Å². The second kappa shape index (κ2) is 12.7. The predicted molar refractivity (Wildman–Crippen MR) is 142 cm³/mol. The zero-order valence-electron chi connectivity index (χ0n) is 21.8. The lowest BCUT2D eigenvalue weighted by molar-refractivity contribution is -0.140. The van der Waals surface area contributed by atoms with Crippen molar-refractivity contribution in [2.75, 3.05) is 23.7 Å². The zero-order chi connectivity index (χ0) is 26.2. The van der Waals surface area contributed by atoms with E-state index in [0.29, 0.717) is 25.2 Å². The van der Waals surface area contributed by atoms with Gasteiger partial charge in [0.25, 0.3) is 0 Å². The summed E-state index contributed by atoms with van der Waals surface area (Å²) in [5, 5.41) is 2.87. The molecule has 1 atom stereocenters. The van der Waals surface area contributed by atoms with Crippen molar-refractivity contribution in [1.82, 2.24) is 10.2 Å². The Bertz CT molecular complexity index is 1130. The molecule has 1 N–H and O–H groups in total. The lowest BCUT2D eigenvalue weighted by Crippen LogP contribution is -2.48. The topological polar surface area (TPSA) is 86.8 Å². The van der Waals surface area contributed by atoms with E-state index in [-0.39, 0.29) is 24.8 Å². The van der Waals surface area contributed by atoms with E-state index in [1.165, 1.54) is 10.6 Å². The molecule has 2 aromatic rings. The average Bonchev–Trinajstić information content (AvgIpc) is 2.80. The van der Waals surface area contributed by atoms with Gasteiger partial charge in [-0.2, -0.15) is 0 Å². The van der Waals surface area contributed by atoms with Gasteiger partial charge in [0.05, 0.1) is 11.9 Å². The van der Waals surface area contributed by atoms with E-state index >= 15 is 0 Å². The van der Waals surface area contributed by atoms with Crippen LogP contribution in [0, 0.1) is 20.8 Å². The highest BCUT2D eigenvalue weighted by Gasteiger charge is 2.27. The maximum absolute atomic E-state index is 13.3. The molecule has 2 rings (SSSR count). The van der Waals surface area contributed by atoms with Gasteiger partial charge in [-0.1, -0.05) is 37.3 Å². The third kappa shape index (κ3) is 8.09. The molecule has 0 radical (unpaired) electrons. The van der Waals surface area contributed by atoms with E-state index in [4.69, 9.17) is 0 Å². The van der Waals surface area contributed by atoms with E-state index in [2.05, 4.69) is 5.32 Å². The highest BCUT2D eigenvalue weighted by atomic mass is 32.2. The van der Waals surface area contributed by atoms with Gasteiger partial charge in [0.1, 0.15) is 6.04 Å². The summed E-state index contributed by atoms with van der Waals surface area (Å²) in [6.07, 6.45) is 2.46. The van der Waals surface area contributed by atoms with E-state index in [0.717, 1.165) is 28.7 Å². The van der Waals surface area contributed by atoms with Crippen LogP contribution in [0.3, 0.4) is 0 Å². The minimum atomic E-state index is -3.52. The standard InChI is InChI=1S/C27H39N3O4S/c1-7-16-28-27(32)23(5)29(19-24-12-9-8-11-21(24)3)26(31)13-10-17-30(35(6,33)34)25-15-14-20(2)22(4)18-25/h8-9,11-12,14-15,18,23H,7,10,13,16-17,19H2,1-6H3,(H,28,32). The summed E-state index contributed by atoms with van der Waals surface area (Å²) in [5.41, 5.74) is 4.70. The lowest BCUT2D eigenvalue weighted by atomic mass is 10.1. The number of amides is 2. The lowest BCUT2D eigenvalue weighted by Gasteiger charge is -2.30. The van der Waals surface area contributed by atoms with Crippen LogP contribution in [0.2, 0.25) is 0 Å². The Labute approximate surface area is 210 Å². The first-order valence-electron chi connectivity index (χ1n) is 12.1. The Hall–Kier alpha value is -2.87. The number of nitrogens with zero attached hydrogens (tertiary/aromatic N) is 2. The predicted octanol–water partition coefficient (Wildman–Crippen LogP) is 4.10. The van der Waals surface area contributed by atoms with Gasteiger partial charge in [-0.05, 0) is 74.9 Å². The third-order valence-corrected chi connectivity index (χ3v) is 7.44. The Morgan fingerprint density at radius 1 is 1.00 bits per heavy atom. The van der Waals surface area contributed by atoms with Crippen molar-refractivity contribution in [3.63, 3.8) is 0 Å². The van der Waals surface area contributed by atoms with Gasteiger partial charge in [-0.15, -0.1) is 0 Å². The molecule has 2 aromatic carbocycles. The molecule has 0 bridgehead atoms. The second-order valence-corrected chi connectivity index (χ2v) is 11.0. The van der Waals surface area contributed by atoms with E-state index in [9.17, 15) is 18.0 Å². The van der Waals surface area contributed by atoms with E-state index in [1.54, 1.807) is 17.9 Å². The Morgan fingerprint density at radius 3 is 2.29 bits per heavy atom. The number of nitrogens with one attached hydrogen (secondary N) is 1. The van der Waals surface area contributed by atoms with Gasteiger partial charge in [0.15, 0.2) is 0 Å². The van der Waals surface area contributed by atoms with Crippen LogP contribution in [0.4, 0.5) is 5.69 Å². The molecule has 0 aliphatic rings. The molecular weight excluding hydrogens is 462 g/mol. The summed E-state index contributed by atoms with van der Waals surface area (Å²) in [7, 11) is -3.52. The van der Waals surface area contributed by atoms with Crippen LogP contribution >= 0.6 is 0 Å². The van der Waals surface area contributed by atoms with Crippen molar-refractivity contribution in [2.24, 2.45) is 0 Å². The largest absolute Gasteiger partial charge is 0.354 e. The van der Waals surface area contributed by atoms with Gasteiger partial charge < -0.3 is 10.2 Å². The molecule has 35 heavy (non-hydrogen) atoms. The molecule has 2 amide bonds. The molecule has 192 valence electrons. The van der Waals surface area contributed by atoms with E-state index in [1.807, 2.05) is 64.1 Å². The van der Waals surface area contributed by atoms with Gasteiger partial charge in [-0.3, -0.25) is 13.9 Å². The summed E-state index contributed by atoms with van der Waals surface area (Å²) >= 11 is 0. The fraction of sp³-hybridized carbons (Fsp3) is 0.481. The number of hydrogen-bond donors (Lipinski definition) is 1. The third-order valence-electron chi connectivity index (χ3n) is 6.25. The number of rotatable bonds is 12. The first-order valence-corrected chi connectivity index (χ1v) is 14.0. The van der Waals surface area contributed by atoms with Crippen LogP contribution in [0.1, 0.15) is 55.4 Å². The normalized spacial score (nSPS) is 12.2. The first kappa shape index (κ1) is 28.4. The average molecular weight is 502 g/mol. The van der Waals surface area contributed by atoms with Crippen LogP contribution in [-0.4, -0.2) is 50.5 Å². The Kier molecular flexibility index (Phi) is 10.3. The van der Waals surface area contributed by atoms with Crippen LogP contribution in [-0.2, 0) is 26.2 Å². The number of aryl methyl sites for hydroxylation is 3. The smallest absolute Gasteiger partial charge is 0.242 e. The molecule has 0 aromatic heterocycles. The summed E-state index contributed by atoms with van der Waals surface area (Å²) < 4.78 is 26.3. The number of carbonyl (C=O) groups is 2. The number of anilines is 1. The molecule has 7 nitrogen and oxygen atoms in total. The van der Waals surface area contributed by atoms with Crippen LogP contribution < -0.4 is 9.62 Å². The van der Waals surface area contributed by atoms with Crippen LogP contribution in [0.25, 0.3) is 0 Å². The Morgan fingerprint density at radius 2 is 1.69 bits per heavy atom. The first-order chi connectivity index (χ1) is 16.5. The van der Waals surface area contributed by atoms with Crippen molar-refractivity contribution < 1.29 is 18.0 Å². The minimum absolute atomic E-state index is 0.133. The van der Waals surface area contributed by atoms with Crippen molar-refractivity contribution in [3.05, 3.63) is 64.7 Å². The molecular formula is C27H39N3O4S. The molecule has 0 saturated heterocycles. The number of carbonyl (C=O) groups excluding carboxylic acids is 2. The molecule has 0 spiro atoms. The summed E-state index contributed by atoms with van der Waals surface area (Å²) in [4.78, 5) is 27.6. The number of benzene rings is 2. The molecule has 0 heterocycles. The highest BCUT2D eigenvalue weighted by Crippen LogP contribution is 2.22. The molecule has 0 aliphatic carbocycles. The monoisotopic (exact) mass is 501 g/mol. The van der Waals surface area contributed by atoms with Crippen LogP contribution in [0.5, 0.6) is 0 Å². The molecule has 8 heteroatoms. The van der Waals surface area contributed by atoms with Gasteiger partial charge >= 0.3 is 0 Å². The van der Waals surface area contributed by atoms with E-state index < -0.39 is 16.1 Å². The molecule has 1 unspecified atom stereocenters. The fourth-order valence-electron chi connectivity index (χ4n) is 3.83. The number of sulfonamides is 1. The Balaban J connectivity index is 2.18. The summed E-state index contributed by atoms with van der Waals surface area (Å²) in [5.74, 6) is -0.373. The van der Waals surface area contributed by atoms with Gasteiger partial charge in [-0.25, -0.2) is 8.42 Å².